The Hall–Kier alpha value is -1.56. The largest absolute Gasteiger partial charge is 0.406 e. The summed E-state index contributed by atoms with van der Waals surface area (Å²) in [5.74, 6) is -0.521. The normalized spacial score (nSPS) is 23.5. The molecule has 3 nitrogen and oxygen atoms in total. The summed E-state index contributed by atoms with van der Waals surface area (Å²) in [5.41, 5.74) is 2.61. The first-order valence-electron chi connectivity index (χ1n) is 6.39. The molecule has 1 aromatic rings. The minimum atomic E-state index is -4.40. The van der Waals surface area contributed by atoms with Crippen LogP contribution in [0.15, 0.2) is 18.2 Å². The van der Waals surface area contributed by atoms with E-state index in [1.54, 1.807) is 13.0 Å². The Balaban J connectivity index is 2.35. The topological polar surface area (TPSA) is 32.3 Å². The van der Waals surface area contributed by atoms with Crippen molar-refractivity contribution in [1.29, 1.82) is 0 Å². The van der Waals surface area contributed by atoms with E-state index in [1.165, 1.54) is 0 Å². The average Bonchev–Trinajstić information content (AvgIpc) is 2.55. The summed E-state index contributed by atoms with van der Waals surface area (Å²) in [4.78, 5) is 12.8. The van der Waals surface area contributed by atoms with Crippen LogP contribution in [-0.4, -0.2) is 29.6 Å². The van der Waals surface area contributed by atoms with Crippen LogP contribution in [0.1, 0.15) is 29.8 Å². The summed E-state index contributed by atoms with van der Waals surface area (Å²) in [6.07, 6.45) is -5.13. The molecule has 20 heavy (non-hydrogen) atoms. The fourth-order valence-corrected chi connectivity index (χ4v) is 2.53. The maximum absolute atomic E-state index is 12.6. The molecule has 1 heterocycles. The van der Waals surface area contributed by atoms with Crippen LogP contribution in [0.3, 0.4) is 0 Å². The fourth-order valence-electron chi connectivity index (χ4n) is 2.53. The van der Waals surface area contributed by atoms with E-state index in [0.717, 1.165) is 16.0 Å². The highest BCUT2D eigenvalue weighted by atomic mass is 19.4. The molecule has 0 aliphatic carbocycles. The molecule has 1 saturated heterocycles. The van der Waals surface area contributed by atoms with Gasteiger partial charge in [-0.3, -0.25) is 10.1 Å². The third-order valence-corrected chi connectivity index (χ3v) is 3.44. The number of carbonyl (C=O) groups is 1. The maximum Gasteiger partial charge on any atom is 0.406 e. The molecule has 1 N–H and O–H groups in total. The van der Waals surface area contributed by atoms with Gasteiger partial charge in [0.15, 0.2) is 0 Å². The van der Waals surface area contributed by atoms with E-state index in [2.05, 4.69) is 5.32 Å². The average molecular weight is 286 g/mol. The molecular weight excluding hydrogens is 269 g/mol. The quantitative estimate of drug-likeness (QED) is 0.906. The van der Waals surface area contributed by atoms with Gasteiger partial charge >= 0.3 is 6.18 Å². The van der Waals surface area contributed by atoms with Gasteiger partial charge in [0, 0.05) is 0 Å². The number of halogens is 3. The van der Waals surface area contributed by atoms with E-state index in [1.807, 2.05) is 26.0 Å². The SMILES string of the molecule is Cc1ccc(C2NC(C)C(=O)N2CC(F)(F)F)c(C)c1. The number of hydrogen-bond donors (Lipinski definition) is 1. The Labute approximate surface area is 115 Å². The van der Waals surface area contributed by atoms with Crippen molar-refractivity contribution in [2.45, 2.75) is 39.2 Å². The Morgan fingerprint density at radius 3 is 2.50 bits per heavy atom. The zero-order valence-electron chi connectivity index (χ0n) is 11.6. The van der Waals surface area contributed by atoms with Crippen LogP contribution in [-0.2, 0) is 4.79 Å². The van der Waals surface area contributed by atoms with Crippen LogP contribution < -0.4 is 5.32 Å². The third-order valence-electron chi connectivity index (χ3n) is 3.44. The molecule has 0 saturated carbocycles. The van der Waals surface area contributed by atoms with Gasteiger partial charge in [-0.05, 0) is 31.9 Å². The number of nitrogens with zero attached hydrogens (tertiary/aromatic N) is 1. The summed E-state index contributed by atoms with van der Waals surface area (Å²) in [5, 5.41) is 2.93. The van der Waals surface area contributed by atoms with Gasteiger partial charge in [0.25, 0.3) is 0 Å². The summed E-state index contributed by atoms with van der Waals surface area (Å²) in [6, 6.07) is 4.90. The molecule has 1 aromatic carbocycles. The molecule has 2 rings (SSSR count). The van der Waals surface area contributed by atoms with Gasteiger partial charge in [-0.25, -0.2) is 0 Å². The van der Waals surface area contributed by atoms with Gasteiger partial charge in [-0.15, -0.1) is 0 Å². The van der Waals surface area contributed by atoms with E-state index in [-0.39, 0.29) is 0 Å². The Kier molecular flexibility index (Phi) is 3.77. The van der Waals surface area contributed by atoms with Gasteiger partial charge in [-0.2, -0.15) is 13.2 Å². The number of amides is 1. The van der Waals surface area contributed by atoms with Crippen molar-refractivity contribution >= 4 is 5.91 Å². The van der Waals surface area contributed by atoms with Crippen molar-refractivity contribution < 1.29 is 18.0 Å². The molecular formula is C14H17F3N2O. The van der Waals surface area contributed by atoms with Crippen LogP contribution in [0, 0.1) is 13.8 Å². The lowest BCUT2D eigenvalue weighted by Gasteiger charge is -2.26. The van der Waals surface area contributed by atoms with Crippen LogP contribution in [0.2, 0.25) is 0 Å². The Morgan fingerprint density at radius 2 is 1.95 bits per heavy atom. The zero-order chi connectivity index (χ0) is 15.1. The molecule has 2 unspecified atom stereocenters. The monoisotopic (exact) mass is 286 g/mol. The highest BCUT2D eigenvalue weighted by Crippen LogP contribution is 2.31. The van der Waals surface area contributed by atoms with Crippen LogP contribution in [0.5, 0.6) is 0 Å². The number of nitrogens with one attached hydrogen (secondary N) is 1. The molecule has 2 atom stereocenters. The summed E-state index contributed by atoms with van der Waals surface area (Å²) in [7, 11) is 0. The number of benzene rings is 1. The number of alkyl halides is 3. The smallest absolute Gasteiger partial charge is 0.312 e. The first-order valence-corrected chi connectivity index (χ1v) is 6.39. The molecule has 110 valence electrons. The summed E-state index contributed by atoms with van der Waals surface area (Å²) < 4.78 is 37.9. The summed E-state index contributed by atoms with van der Waals surface area (Å²) in [6.45, 7) is 4.10. The molecule has 0 bridgehead atoms. The van der Waals surface area contributed by atoms with E-state index in [4.69, 9.17) is 0 Å². The summed E-state index contributed by atoms with van der Waals surface area (Å²) >= 11 is 0. The molecule has 0 spiro atoms. The first kappa shape index (κ1) is 14.8. The second-order valence-corrected chi connectivity index (χ2v) is 5.23. The zero-order valence-corrected chi connectivity index (χ0v) is 11.6. The predicted octanol–water partition coefficient (Wildman–Crippen LogP) is 2.68. The highest BCUT2D eigenvalue weighted by Gasteiger charge is 2.43. The highest BCUT2D eigenvalue weighted by molar-refractivity contribution is 5.84. The lowest BCUT2D eigenvalue weighted by Crippen LogP contribution is -2.38. The standard InChI is InChI=1S/C14H17F3N2O/c1-8-4-5-11(9(2)6-8)12-18-10(3)13(20)19(12)7-14(15,16)17/h4-6,10,12,18H,7H2,1-3H3. The Bertz CT molecular complexity index is 528. The van der Waals surface area contributed by atoms with Crippen molar-refractivity contribution in [3.05, 3.63) is 34.9 Å². The van der Waals surface area contributed by atoms with Crippen molar-refractivity contribution in [3.8, 4) is 0 Å². The van der Waals surface area contributed by atoms with Gasteiger partial charge in [0.05, 0.1) is 6.04 Å². The number of carbonyl (C=O) groups excluding carboxylic acids is 1. The van der Waals surface area contributed by atoms with Crippen molar-refractivity contribution in [2.24, 2.45) is 0 Å². The van der Waals surface area contributed by atoms with Gasteiger partial charge in [-0.1, -0.05) is 23.8 Å². The lowest BCUT2D eigenvalue weighted by molar-refractivity contribution is -0.161. The van der Waals surface area contributed by atoms with Crippen molar-refractivity contribution in [1.82, 2.24) is 10.2 Å². The van der Waals surface area contributed by atoms with Crippen LogP contribution >= 0.6 is 0 Å². The fraction of sp³-hybridized carbons (Fsp3) is 0.500. The molecule has 6 heteroatoms. The van der Waals surface area contributed by atoms with Gasteiger partial charge in [0.2, 0.25) is 5.91 Å². The van der Waals surface area contributed by atoms with E-state index in [9.17, 15) is 18.0 Å². The third kappa shape index (κ3) is 2.95. The number of rotatable bonds is 2. The van der Waals surface area contributed by atoms with Crippen molar-refractivity contribution in [2.75, 3.05) is 6.54 Å². The van der Waals surface area contributed by atoms with Crippen LogP contribution in [0.4, 0.5) is 13.2 Å². The molecule has 0 aromatic heterocycles. The van der Waals surface area contributed by atoms with Gasteiger partial charge in [0.1, 0.15) is 12.7 Å². The molecule has 1 aliphatic rings. The number of aryl methyl sites for hydroxylation is 2. The minimum Gasteiger partial charge on any atom is -0.312 e. The molecule has 1 fully saturated rings. The van der Waals surface area contributed by atoms with Crippen molar-refractivity contribution in [3.63, 3.8) is 0 Å². The lowest BCUT2D eigenvalue weighted by atomic mass is 10.0. The number of hydrogen-bond acceptors (Lipinski definition) is 2. The second kappa shape index (κ2) is 5.09. The first-order chi connectivity index (χ1) is 9.19. The van der Waals surface area contributed by atoms with Crippen LogP contribution in [0.25, 0.3) is 0 Å². The van der Waals surface area contributed by atoms with E-state index in [0.29, 0.717) is 5.56 Å². The van der Waals surface area contributed by atoms with E-state index < -0.39 is 30.8 Å². The second-order valence-electron chi connectivity index (χ2n) is 5.23. The Morgan fingerprint density at radius 1 is 1.30 bits per heavy atom. The predicted molar refractivity (Wildman–Crippen MR) is 69.0 cm³/mol. The van der Waals surface area contributed by atoms with E-state index >= 15 is 0 Å². The maximum atomic E-state index is 12.6. The van der Waals surface area contributed by atoms with Gasteiger partial charge < -0.3 is 4.90 Å². The minimum absolute atomic E-state index is 0.521. The molecule has 1 aliphatic heterocycles. The molecule has 0 radical (unpaired) electrons. The molecule has 1 amide bonds.